The van der Waals surface area contributed by atoms with Crippen LogP contribution >= 0.6 is 0 Å². The minimum absolute atomic E-state index is 0.0151. The maximum absolute atomic E-state index is 4.29. The summed E-state index contributed by atoms with van der Waals surface area (Å²) < 4.78 is 0. The molecule has 0 saturated carbocycles. The van der Waals surface area contributed by atoms with E-state index in [2.05, 4.69) is 123 Å². The van der Waals surface area contributed by atoms with Crippen molar-refractivity contribution in [1.82, 2.24) is 31.9 Å². The van der Waals surface area contributed by atoms with Crippen LogP contribution in [0.25, 0.3) is 0 Å². The summed E-state index contributed by atoms with van der Waals surface area (Å²) >= 11 is 0. The standard InChI is InChI=1S/C35H58N6/c1-11-35(9,10)32(8)37-22-18-14-15-19-27(3)38-24-29(5)39-26-30(6)41-34(23-33-20-16-13-17-21-33)31(7)40-25-28(4)36-12-2/h13,16-17,20-21,34,36-41H,3-8,11-12,14-15,18-19,22-26H2,1-2,9-10H3. The van der Waals surface area contributed by atoms with E-state index < -0.39 is 0 Å². The van der Waals surface area contributed by atoms with E-state index in [9.17, 15) is 0 Å². The smallest absolute Gasteiger partial charge is 0.0691 e. The number of nitrogens with one attached hydrogen (secondary N) is 6. The fourth-order valence-corrected chi connectivity index (χ4v) is 4.01. The Morgan fingerprint density at radius 2 is 1.32 bits per heavy atom. The zero-order valence-corrected chi connectivity index (χ0v) is 26.5. The number of rotatable bonds is 25. The van der Waals surface area contributed by atoms with Crippen LogP contribution in [0.1, 0.15) is 65.4 Å². The summed E-state index contributed by atoms with van der Waals surface area (Å²) in [6.45, 7) is 37.5. The molecule has 0 aliphatic carbocycles. The maximum atomic E-state index is 4.29. The zero-order valence-electron chi connectivity index (χ0n) is 26.5. The lowest BCUT2D eigenvalue weighted by molar-refractivity contribution is 0.397. The highest BCUT2D eigenvalue weighted by atomic mass is 15.1. The maximum Gasteiger partial charge on any atom is 0.0691 e. The van der Waals surface area contributed by atoms with Crippen molar-refractivity contribution < 1.29 is 0 Å². The van der Waals surface area contributed by atoms with Gasteiger partial charge in [0.15, 0.2) is 0 Å². The lowest BCUT2D eigenvalue weighted by Gasteiger charge is -2.26. The summed E-state index contributed by atoms with van der Waals surface area (Å²) in [5.74, 6) is 0. The molecule has 6 heteroatoms. The van der Waals surface area contributed by atoms with Gasteiger partial charge in [-0.15, -0.1) is 0 Å². The van der Waals surface area contributed by atoms with E-state index in [1.807, 2.05) is 6.07 Å². The van der Waals surface area contributed by atoms with E-state index in [1.54, 1.807) is 0 Å². The number of hydrogen-bond donors (Lipinski definition) is 6. The van der Waals surface area contributed by atoms with Crippen LogP contribution in [0.15, 0.2) is 104 Å². The van der Waals surface area contributed by atoms with Gasteiger partial charge in [0.2, 0.25) is 0 Å². The molecular weight excluding hydrogens is 504 g/mol. The third-order valence-corrected chi connectivity index (χ3v) is 7.34. The molecule has 41 heavy (non-hydrogen) atoms. The molecule has 0 aliphatic heterocycles. The molecule has 1 unspecified atom stereocenters. The minimum atomic E-state index is -0.0151. The van der Waals surface area contributed by atoms with E-state index in [1.165, 1.54) is 5.56 Å². The molecule has 1 atom stereocenters. The van der Waals surface area contributed by atoms with Gasteiger partial charge in [-0.25, -0.2) is 0 Å². The molecule has 0 bridgehead atoms. The minimum Gasteiger partial charge on any atom is -0.388 e. The molecule has 0 aromatic heterocycles. The van der Waals surface area contributed by atoms with Gasteiger partial charge in [0.25, 0.3) is 0 Å². The SMILES string of the molecule is C=C(CCCCCNC(=C)C(C)(C)CC)NCC(=C)NCC(=C)NC(Cc1ccccc1)C(=C)NCC(=C)NCC. The van der Waals surface area contributed by atoms with Gasteiger partial charge in [-0.05, 0) is 44.6 Å². The van der Waals surface area contributed by atoms with Gasteiger partial charge in [-0.3, -0.25) is 0 Å². The topological polar surface area (TPSA) is 72.2 Å². The molecule has 0 fully saturated rings. The van der Waals surface area contributed by atoms with Crippen LogP contribution in [-0.2, 0) is 6.42 Å². The summed E-state index contributed by atoms with van der Waals surface area (Å²) in [5, 5.41) is 20.5. The average Bonchev–Trinajstić information content (AvgIpc) is 2.95. The van der Waals surface area contributed by atoms with Crippen molar-refractivity contribution in [3.8, 4) is 0 Å². The quantitative estimate of drug-likeness (QED) is 0.0794. The van der Waals surface area contributed by atoms with Crippen molar-refractivity contribution in [2.75, 3.05) is 32.7 Å². The molecule has 1 aromatic carbocycles. The highest BCUT2D eigenvalue weighted by Crippen LogP contribution is 2.26. The summed E-state index contributed by atoms with van der Waals surface area (Å²) in [6, 6.07) is 10.4. The van der Waals surface area contributed by atoms with Crippen molar-refractivity contribution in [2.24, 2.45) is 5.41 Å². The average molecular weight is 563 g/mol. The van der Waals surface area contributed by atoms with Crippen LogP contribution in [0.2, 0.25) is 0 Å². The first kappa shape index (κ1) is 35.5. The lowest BCUT2D eigenvalue weighted by Crippen LogP contribution is -2.40. The van der Waals surface area contributed by atoms with Gasteiger partial charge in [0, 0.05) is 52.7 Å². The molecule has 0 radical (unpaired) electrons. The Kier molecular flexibility index (Phi) is 16.9. The zero-order chi connectivity index (χ0) is 30.7. The summed E-state index contributed by atoms with van der Waals surface area (Å²) in [5.41, 5.74) is 7.16. The second kappa shape index (κ2) is 19.5. The molecule has 0 saturated heterocycles. The van der Waals surface area contributed by atoms with Crippen LogP contribution in [0.5, 0.6) is 0 Å². The number of unbranched alkanes of at least 4 members (excludes halogenated alkanes) is 2. The highest BCUT2D eigenvalue weighted by molar-refractivity contribution is 5.21. The van der Waals surface area contributed by atoms with Gasteiger partial charge in [0.1, 0.15) is 0 Å². The summed E-state index contributed by atoms with van der Waals surface area (Å²) in [7, 11) is 0. The van der Waals surface area contributed by atoms with E-state index >= 15 is 0 Å². The van der Waals surface area contributed by atoms with Crippen LogP contribution in [0, 0.1) is 5.41 Å². The van der Waals surface area contributed by atoms with E-state index in [4.69, 9.17) is 0 Å². The Labute approximate surface area is 251 Å². The highest BCUT2D eigenvalue weighted by Gasteiger charge is 2.18. The number of likely N-dealkylation sites (N-methyl/N-ethyl adjacent to an activating group) is 1. The fourth-order valence-electron chi connectivity index (χ4n) is 4.01. The van der Waals surface area contributed by atoms with Crippen molar-refractivity contribution in [2.45, 2.75) is 72.3 Å². The second-order valence-corrected chi connectivity index (χ2v) is 11.4. The second-order valence-electron chi connectivity index (χ2n) is 11.4. The molecule has 6 N–H and O–H groups in total. The molecule has 1 rings (SSSR count). The Balaban J connectivity index is 2.36. The first-order chi connectivity index (χ1) is 19.5. The molecule has 6 nitrogen and oxygen atoms in total. The number of allylic oxidation sites excluding steroid dienone is 2. The van der Waals surface area contributed by atoms with Crippen LogP contribution in [-0.4, -0.2) is 38.8 Å². The predicted octanol–water partition coefficient (Wildman–Crippen LogP) is 6.23. The number of benzene rings is 1. The number of hydrogen-bond acceptors (Lipinski definition) is 6. The predicted molar refractivity (Wildman–Crippen MR) is 180 cm³/mol. The Morgan fingerprint density at radius 3 is 1.98 bits per heavy atom. The van der Waals surface area contributed by atoms with Crippen LogP contribution in [0.3, 0.4) is 0 Å². The van der Waals surface area contributed by atoms with Gasteiger partial charge >= 0.3 is 0 Å². The Bertz CT molecular complexity index is 991. The largest absolute Gasteiger partial charge is 0.388 e. The van der Waals surface area contributed by atoms with E-state index in [0.29, 0.717) is 19.6 Å². The van der Waals surface area contributed by atoms with Crippen LogP contribution in [0.4, 0.5) is 0 Å². The summed E-state index contributed by atoms with van der Waals surface area (Å²) in [6.07, 6.45) is 6.24. The first-order valence-corrected chi connectivity index (χ1v) is 15.1. The molecule has 0 spiro atoms. The van der Waals surface area contributed by atoms with Gasteiger partial charge in [-0.1, -0.05) is 97.0 Å². The first-order valence-electron chi connectivity index (χ1n) is 15.1. The molecule has 0 amide bonds. The van der Waals surface area contributed by atoms with Gasteiger partial charge in [-0.2, -0.15) is 0 Å². The molecule has 228 valence electrons. The van der Waals surface area contributed by atoms with Crippen molar-refractivity contribution in [1.29, 1.82) is 0 Å². The normalized spacial score (nSPS) is 11.5. The fraction of sp³-hybridized carbons (Fsp3) is 0.486. The Morgan fingerprint density at radius 1 is 0.707 bits per heavy atom. The molecule has 1 aromatic rings. The van der Waals surface area contributed by atoms with E-state index in [0.717, 1.165) is 85.8 Å². The van der Waals surface area contributed by atoms with Crippen molar-refractivity contribution in [3.05, 3.63) is 110 Å². The molecule has 0 aliphatic rings. The molecular formula is C35H58N6. The lowest BCUT2D eigenvalue weighted by atomic mass is 9.87. The van der Waals surface area contributed by atoms with Crippen molar-refractivity contribution >= 4 is 0 Å². The monoisotopic (exact) mass is 562 g/mol. The third kappa shape index (κ3) is 15.7. The third-order valence-electron chi connectivity index (χ3n) is 7.34. The van der Waals surface area contributed by atoms with Crippen LogP contribution < -0.4 is 31.9 Å². The van der Waals surface area contributed by atoms with E-state index in [-0.39, 0.29) is 11.5 Å². The van der Waals surface area contributed by atoms with Gasteiger partial charge in [0.05, 0.1) is 25.7 Å². The Hall–Kier alpha value is -3.54. The van der Waals surface area contributed by atoms with Gasteiger partial charge < -0.3 is 31.9 Å². The molecule has 0 heterocycles. The van der Waals surface area contributed by atoms with Crippen molar-refractivity contribution in [3.63, 3.8) is 0 Å². The summed E-state index contributed by atoms with van der Waals surface area (Å²) in [4.78, 5) is 0.